The van der Waals surface area contributed by atoms with Gasteiger partial charge in [0.25, 0.3) is 12.3 Å². The van der Waals surface area contributed by atoms with Gasteiger partial charge in [0.1, 0.15) is 29.9 Å². The quantitative estimate of drug-likeness (QED) is 0.211. The van der Waals surface area contributed by atoms with Gasteiger partial charge in [0.15, 0.2) is 0 Å². The lowest BCUT2D eigenvalue weighted by Crippen LogP contribution is -2.54. The highest BCUT2D eigenvalue weighted by Crippen LogP contribution is 2.47. The molecule has 1 amide bonds. The van der Waals surface area contributed by atoms with E-state index in [1.54, 1.807) is 6.08 Å². The second kappa shape index (κ2) is 15.0. The molecule has 0 radical (unpaired) electrons. The number of carbonyl (C=O) groups is 1. The molecule has 1 saturated heterocycles. The van der Waals surface area contributed by atoms with Crippen molar-refractivity contribution in [1.82, 2.24) is 30.7 Å². The summed E-state index contributed by atoms with van der Waals surface area (Å²) in [6.07, 6.45) is 9.54. The van der Waals surface area contributed by atoms with Gasteiger partial charge >= 0.3 is 0 Å². The van der Waals surface area contributed by atoms with E-state index in [9.17, 15) is 18.7 Å². The van der Waals surface area contributed by atoms with Gasteiger partial charge in [-0.2, -0.15) is 0 Å². The van der Waals surface area contributed by atoms with Crippen LogP contribution in [0, 0.1) is 29.6 Å². The molecule has 13 heteroatoms. The SMILES string of the molecule is CC1CN(CC2=CC[C@H](C3=CC4C([C@@H]5C[C@H](F)C=C(N6CCOC7=C(C6=O)C(F)=C[C@H](C6CC6)C7)C5CO)=CCN[C@@H]4N3)NC2)CCN1CC(F)F. The fraction of sp³-hybridized carbons (Fsp3) is 0.667. The highest BCUT2D eigenvalue weighted by molar-refractivity contribution is 5.99. The number of hydrogen-bond acceptors (Lipinski definition) is 8. The molecule has 8 aliphatic rings. The van der Waals surface area contributed by atoms with Gasteiger partial charge in [0.2, 0.25) is 0 Å². The number of hydrogen-bond donors (Lipinski definition) is 4. The van der Waals surface area contributed by atoms with E-state index >= 15 is 8.78 Å². The number of aliphatic hydroxyl groups is 1. The zero-order valence-corrected chi connectivity index (χ0v) is 29.9. The van der Waals surface area contributed by atoms with E-state index in [-0.39, 0.29) is 74.3 Å². The summed E-state index contributed by atoms with van der Waals surface area (Å²) in [5, 5.41) is 21.8. The molecular formula is C39H52F4N6O3. The van der Waals surface area contributed by atoms with Gasteiger partial charge < -0.3 is 25.4 Å². The third kappa shape index (κ3) is 7.28. The molecule has 0 spiro atoms. The Bertz CT molecular complexity index is 1590. The summed E-state index contributed by atoms with van der Waals surface area (Å²) >= 11 is 0. The maximum Gasteiger partial charge on any atom is 0.264 e. The minimum Gasteiger partial charge on any atom is -0.495 e. The standard InChI is InChI=1S/C39H52F4N6O3/c1-22-18-47(8-9-48(22)20-36(42)43)19-23-2-5-32(45-17-23)33-16-29-27(6-7-44-38(29)46-33)28-14-26(40)15-34(30(28)21-50)49-10-11-52-35-13-25(24-3-4-24)12-31(41)37(35)39(49)51/h2,6,12,15-16,22,24-26,28-30,32,36,38,44-46,50H,3-5,7-11,13-14,17-21H2,1H3/t22?,25-,26-,28-,29?,30?,32+,38+/m0/s1. The summed E-state index contributed by atoms with van der Waals surface area (Å²) in [5.74, 6) is -1.16. The van der Waals surface area contributed by atoms with E-state index in [0.29, 0.717) is 36.9 Å². The van der Waals surface area contributed by atoms with Crippen LogP contribution in [-0.4, -0.2) is 122 Å². The molecule has 0 bridgehead atoms. The summed E-state index contributed by atoms with van der Waals surface area (Å²) in [4.78, 5) is 19.7. The van der Waals surface area contributed by atoms with Crippen molar-refractivity contribution in [2.75, 3.05) is 65.6 Å². The molecule has 0 aromatic carbocycles. The minimum absolute atomic E-state index is 0.0374. The number of piperazine rings is 1. The Labute approximate surface area is 303 Å². The lowest BCUT2D eigenvalue weighted by atomic mass is 9.71. The molecule has 3 unspecified atom stereocenters. The first-order valence-corrected chi connectivity index (χ1v) is 19.3. The van der Waals surface area contributed by atoms with Crippen molar-refractivity contribution in [3.63, 3.8) is 0 Å². The predicted octanol–water partition coefficient (Wildman–Crippen LogP) is 3.75. The molecule has 8 atom stereocenters. The van der Waals surface area contributed by atoms with E-state index in [1.165, 1.54) is 16.5 Å². The Kier molecular flexibility index (Phi) is 10.4. The Morgan fingerprint density at radius 1 is 1.10 bits per heavy atom. The van der Waals surface area contributed by atoms with Crippen LogP contribution in [0.4, 0.5) is 17.6 Å². The van der Waals surface area contributed by atoms with Crippen molar-refractivity contribution in [2.24, 2.45) is 29.6 Å². The number of rotatable bonds is 9. The monoisotopic (exact) mass is 728 g/mol. The van der Waals surface area contributed by atoms with Crippen molar-refractivity contribution < 1.29 is 32.2 Å². The number of ether oxygens (including phenoxy) is 1. The normalized spacial score (nSPS) is 36.2. The highest BCUT2D eigenvalue weighted by Gasteiger charge is 2.46. The number of fused-ring (bicyclic) bond motifs is 1. The van der Waals surface area contributed by atoms with E-state index in [4.69, 9.17) is 4.74 Å². The van der Waals surface area contributed by atoms with Crippen molar-refractivity contribution in [2.45, 2.75) is 69.9 Å². The first-order chi connectivity index (χ1) is 25.2. The van der Waals surface area contributed by atoms with Crippen molar-refractivity contribution in [3.8, 4) is 0 Å². The van der Waals surface area contributed by atoms with Crippen LogP contribution in [0.5, 0.6) is 0 Å². The van der Waals surface area contributed by atoms with Crippen LogP contribution in [0.15, 0.2) is 70.1 Å². The van der Waals surface area contributed by atoms with E-state index in [1.807, 2.05) is 11.8 Å². The van der Waals surface area contributed by atoms with Crippen molar-refractivity contribution >= 4 is 5.91 Å². The molecule has 2 fully saturated rings. The van der Waals surface area contributed by atoms with E-state index in [0.717, 1.165) is 56.7 Å². The highest BCUT2D eigenvalue weighted by atomic mass is 19.3. The fourth-order valence-electron chi connectivity index (χ4n) is 9.70. The Morgan fingerprint density at radius 3 is 2.67 bits per heavy atom. The number of halogens is 4. The van der Waals surface area contributed by atoms with E-state index < -0.39 is 30.2 Å². The van der Waals surface area contributed by atoms with Crippen LogP contribution in [0.25, 0.3) is 0 Å². The zero-order chi connectivity index (χ0) is 36.1. The number of nitrogens with zero attached hydrogens (tertiary/aromatic N) is 3. The number of allylic oxidation sites excluding steroid dienone is 3. The van der Waals surface area contributed by atoms with Crippen LogP contribution >= 0.6 is 0 Å². The lowest BCUT2D eigenvalue weighted by Gasteiger charge is -2.42. The molecule has 5 heterocycles. The van der Waals surface area contributed by atoms with Crippen molar-refractivity contribution in [3.05, 3.63) is 70.1 Å². The molecule has 8 rings (SSSR count). The summed E-state index contributed by atoms with van der Waals surface area (Å²) in [6, 6.07) is 0.173. The van der Waals surface area contributed by atoms with E-state index in [2.05, 4.69) is 39.1 Å². The predicted molar refractivity (Wildman–Crippen MR) is 189 cm³/mol. The molecule has 284 valence electrons. The first-order valence-electron chi connectivity index (χ1n) is 19.3. The van der Waals surface area contributed by atoms with Gasteiger partial charge in [0.05, 0.1) is 31.9 Å². The number of nitrogens with one attached hydrogen (secondary N) is 3. The summed E-state index contributed by atoms with van der Waals surface area (Å²) < 4.78 is 63.2. The molecule has 1 saturated carbocycles. The molecule has 0 aromatic rings. The molecule has 4 N–H and O–H groups in total. The third-order valence-electron chi connectivity index (χ3n) is 12.6. The smallest absolute Gasteiger partial charge is 0.264 e. The summed E-state index contributed by atoms with van der Waals surface area (Å²) in [7, 11) is 0. The maximum absolute atomic E-state index is 15.7. The minimum atomic E-state index is -2.31. The maximum atomic E-state index is 15.7. The van der Waals surface area contributed by atoms with Crippen molar-refractivity contribution in [1.29, 1.82) is 0 Å². The molecule has 3 aliphatic carbocycles. The van der Waals surface area contributed by atoms with Gasteiger partial charge in [-0.25, -0.2) is 17.6 Å². The first kappa shape index (κ1) is 36.0. The van der Waals surface area contributed by atoms with Gasteiger partial charge in [-0.05, 0) is 68.1 Å². The van der Waals surface area contributed by atoms with Gasteiger partial charge in [-0.1, -0.05) is 23.8 Å². The summed E-state index contributed by atoms with van der Waals surface area (Å²) in [6.45, 7) is 6.24. The van der Waals surface area contributed by atoms with Crippen LogP contribution in [-0.2, 0) is 9.53 Å². The molecule has 9 nitrogen and oxygen atoms in total. The second-order valence-electron chi connectivity index (χ2n) is 15.9. The third-order valence-corrected chi connectivity index (χ3v) is 12.6. The number of aliphatic hydroxyl groups excluding tert-OH is 1. The van der Waals surface area contributed by atoms with Crippen LogP contribution in [0.1, 0.15) is 39.0 Å². The largest absolute Gasteiger partial charge is 0.495 e. The Morgan fingerprint density at radius 2 is 1.94 bits per heavy atom. The lowest BCUT2D eigenvalue weighted by molar-refractivity contribution is -0.125. The zero-order valence-electron chi connectivity index (χ0n) is 29.9. The molecule has 5 aliphatic heterocycles. The van der Waals surface area contributed by atoms with Gasteiger partial charge in [-0.15, -0.1) is 0 Å². The number of amides is 1. The molecule has 52 heavy (non-hydrogen) atoms. The number of carbonyl (C=O) groups excluding carboxylic acids is 1. The Hall–Kier alpha value is -2.97. The topological polar surface area (TPSA) is 92.3 Å². The van der Waals surface area contributed by atoms with Gasteiger partial charge in [-0.3, -0.25) is 19.9 Å². The summed E-state index contributed by atoms with van der Waals surface area (Å²) in [5.41, 5.74) is 3.77. The molecular weight excluding hydrogens is 676 g/mol. The average molecular weight is 729 g/mol. The molecule has 0 aromatic heterocycles. The fourth-order valence-corrected chi connectivity index (χ4v) is 9.70. The van der Waals surface area contributed by atoms with Crippen LogP contribution in [0.3, 0.4) is 0 Å². The average Bonchev–Trinajstić information content (AvgIpc) is 3.91. The van der Waals surface area contributed by atoms with Crippen LogP contribution in [0.2, 0.25) is 0 Å². The Balaban J connectivity index is 0.944. The van der Waals surface area contributed by atoms with Crippen LogP contribution < -0.4 is 16.0 Å². The second-order valence-corrected chi connectivity index (χ2v) is 15.9. The van der Waals surface area contributed by atoms with Gasteiger partial charge in [0, 0.05) is 75.0 Å². The number of alkyl halides is 3.